The Hall–Kier alpha value is -4.10. The summed E-state index contributed by atoms with van der Waals surface area (Å²) in [4.78, 5) is 2.57. The van der Waals surface area contributed by atoms with Gasteiger partial charge in [-0.05, 0) is 102 Å². The Labute approximate surface area is 251 Å². The number of anilines is 1. The normalized spacial score (nSPS) is 23.2. The maximum atomic E-state index is 2.59. The van der Waals surface area contributed by atoms with E-state index in [0.717, 1.165) is 32.1 Å². The van der Waals surface area contributed by atoms with Crippen LogP contribution in [0.5, 0.6) is 0 Å². The summed E-state index contributed by atoms with van der Waals surface area (Å²) in [7, 11) is 0. The lowest BCUT2D eigenvalue weighted by molar-refractivity contribution is 0.392. The lowest BCUT2D eigenvalue weighted by atomic mass is 9.74. The zero-order chi connectivity index (χ0) is 28.4. The van der Waals surface area contributed by atoms with Crippen LogP contribution < -0.4 is 4.90 Å². The molecule has 208 valence electrons. The van der Waals surface area contributed by atoms with Crippen molar-refractivity contribution in [3.63, 3.8) is 0 Å². The first-order valence-corrected chi connectivity index (χ1v) is 15.8. The molecule has 0 aromatic heterocycles. The number of nitrogens with zero attached hydrogens (tertiary/aromatic N) is 1. The summed E-state index contributed by atoms with van der Waals surface area (Å²) in [5.41, 5.74) is 17.2. The van der Waals surface area contributed by atoms with Crippen molar-refractivity contribution in [1.82, 2.24) is 0 Å². The topological polar surface area (TPSA) is 3.24 Å². The van der Waals surface area contributed by atoms with E-state index in [1.165, 1.54) is 61.6 Å². The molecule has 0 saturated heterocycles. The minimum Gasteiger partial charge on any atom is -0.311 e. The predicted octanol–water partition coefficient (Wildman–Crippen LogP) is 10.4. The third-order valence-corrected chi connectivity index (χ3v) is 10.5. The van der Waals surface area contributed by atoms with Gasteiger partial charge >= 0.3 is 0 Å². The van der Waals surface area contributed by atoms with Gasteiger partial charge in [-0.15, -0.1) is 0 Å². The summed E-state index contributed by atoms with van der Waals surface area (Å²) in [6.07, 6.45) is 20.2. The van der Waals surface area contributed by atoms with Gasteiger partial charge in [0.25, 0.3) is 0 Å². The second-order valence-corrected chi connectivity index (χ2v) is 13.3. The highest BCUT2D eigenvalue weighted by atomic mass is 15.2. The van der Waals surface area contributed by atoms with Gasteiger partial charge in [-0.1, -0.05) is 116 Å². The molecule has 3 aromatic rings. The van der Waals surface area contributed by atoms with Gasteiger partial charge < -0.3 is 4.90 Å². The molecule has 0 aliphatic heterocycles. The lowest BCUT2D eigenvalue weighted by Gasteiger charge is -2.37. The molecule has 2 atom stereocenters. The number of hydrogen-bond acceptors (Lipinski definition) is 1. The molecule has 5 aliphatic rings. The number of benzene rings is 3. The van der Waals surface area contributed by atoms with Gasteiger partial charge in [0.05, 0.1) is 0 Å². The molecule has 42 heavy (non-hydrogen) atoms. The van der Waals surface area contributed by atoms with Crippen molar-refractivity contribution in [2.24, 2.45) is 5.92 Å². The Morgan fingerprint density at radius 3 is 2.48 bits per heavy atom. The molecule has 0 spiro atoms. The van der Waals surface area contributed by atoms with E-state index in [9.17, 15) is 0 Å². The highest BCUT2D eigenvalue weighted by molar-refractivity contribution is 5.92. The van der Waals surface area contributed by atoms with E-state index in [1.807, 2.05) is 0 Å². The SMILES string of the molecule is CC1=CC=C(c2ccc(N(C3=CC4C(C=C3)c3ccccc3C4(C)C)C3=CCCC4=C3c3ccccc3C4)cc2)CC1. The van der Waals surface area contributed by atoms with Gasteiger partial charge in [-0.25, -0.2) is 0 Å². The Bertz CT molecular complexity index is 1780. The Kier molecular flexibility index (Phi) is 5.93. The van der Waals surface area contributed by atoms with Crippen LogP contribution in [0.4, 0.5) is 5.69 Å². The van der Waals surface area contributed by atoms with Crippen molar-refractivity contribution < 1.29 is 0 Å². The van der Waals surface area contributed by atoms with Gasteiger partial charge in [0.2, 0.25) is 0 Å². The first-order valence-electron chi connectivity index (χ1n) is 15.8. The van der Waals surface area contributed by atoms with Crippen molar-refractivity contribution in [3.05, 3.63) is 160 Å². The second-order valence-electron chi connectivity index (χ2n) is 13.3. The maximum absolute atomic E-state index is 2.59. The summed E-state index contributed by atoms with van der Waals surface area (Å²) in [6, 6.07) is 27.5. The van der Waals surface area contributed by atoms with Crippen LogP contribution in [0.3, 0.4) is 0 Å². The van der Waals surface area contributed by atoms with Crippen molar-refractivity contribution in [3.8, 4) is 0 Å². The second kappa shape index (κ2) is 9.73. The summed E-state index contributed by atoms with van der Waals surface area (Å²) < 4.78 is 0. The van der Waals surface area contributed by atoms with Crippen molar-refractivity contribution in [1.29, 1.82) is 0 Å². The van der Waals surface area contributed by atoms with Crippen molar-refractivity contribution in [2.45, 2.75) is 64.2 Å². The predicted molar refractivity (Wildman–Crippen MR) is 177 cm³/mol. The highest BCUT2D eigenvalue weighted by Crippen LogP contribution is 2.54. The molecule has 0 N–H and O–H groups in total. The lowest BCUT2D eigenvalue weighted by Crippen LogP contribution is -2.30. The highest BCUT2D eigenvalue weighted by Gasteiger charge is 2.45. The van der Waals surface area contributed by atoms with E-state index in [1.54, 1.807) is 5.57 Å². The zero-order valence-electron chi connectivity index (χ0n) is 25.0. The van der Waals surface area contributed by atoms with Crippen molar-refractivity contribution in [2.75, 3.05) is 4.90 Å². The van der Waals surface area contributed by atoms with Gasteiger partial charge in [-0.3, -0.25) is 0 Å². The number of allylic oxidation sites excluding steroid dienone is 10. The molecule has 0 radical (unpaired) electrons. The van der Waals surface area contributed by atoms with Gasteiger partial charge in [-0.2, -0.15) is 0 Å². The molecule has 1 nitrogen and oxygen atoms in total. The molecule has 3 aromatic carbocycles. The average Bonchev–Trinajstić information content (AvgIpc) is 3.51. The molecular weight excluding hydrogens is 506 g/mol. The van der Waals surface area contributed by atoms with Crippen LogP contribution in [-0.4, -0.2) is 0 Å². The first-order chi connectivity index (χ1) is 20.5. The fraction of sp³-hybridized carbons (Fsp3) is 0.268. The van der Waals surface area contributed by atoms with Crippen LogP contribution in [-0.2, 0) is 11.8 Å². The minimum atomic E-state index is 0.0806. The fourth-order valence-corrected chi connectivity index (χ4v) is 8.20. The Balaban J connectivity index is 1.25. The summed E-state index contributed by atoms with van der Waals surface area (Å²) >= 11 is 0. The molecule has 0 amide bonds. The van der Waals surface area contributed by atoms with E-state index in [-0.39, 0.29) is 5.41 Å². The van der Waals surface area contributed by atoms with Crippen LogP contribution in [0.25, 0.3) is 11.1 Å². The summed E-state index contributed by atoms with van der Waals surface area (Å²) in [5.74, 6) is 0.855. The van der Waals surface area contributed by atoms with Crippen LogP contribution in [0.1, 0.15) is 80.2 Å². The van der Waals surface area contributed by atoms with E-state index in [0.29, 0.717) is 11.8 Å². The van der Waals surface area contributed by atoms with E-state index < -0.39 is 0 Å². The van der Waals surface area contributed by atoms with Gasteiger partial charge in [0, 0.05) is 28.6 Å². The molecule has 0 heterocycles. The number of fused-ring (bicyclic) bond motifs is 5. The maximum Gasteiger partial charge on any atom is 0.0499 e. The zero-order valence-corrected chi connectivity index (χ0v) is 25.0. The molecule has 8 rings (SSSR count). The monoisotopic (exact) mass is 545 g/mol. The van der Waals surface area contributed by atoms with Crippen LogP contribution in [0.15, 0.2) is 132 Å². The third-order valence-electron chi connectivity index (χ3n) is 10.5. The Morgan fingerprint density at radius 1 is 0.833 bits per heavy atom. The third kappa shape index (κ3) is 3.97. The summed E-state index contributed by atoms with van der Waals surface area (Å²) in [5, 5.41) is 0. The van der Waals surface area contributed by atoms with Crippen LogP contribution in [0.2, 0.25) is 0 Å². The molecule has 1 heteroatoms. The van der Waals surface area contributed by atoms with E-state index >= 15 is 0 Å². The summed E-state index contributed by atoms with van der Waals surface area (Å²) in [6.45, 7) is 7.10. The minimum absolute atomic E-state index is 0.0806. The molecule has 2 unspecified atom stereocenters. The molecular formula is C41H39N. The number of hydrogen-bond donors (Lipinski definition) is 0. The quantitative estimate of drug-likeness (QED) is 0.315. The van der Waals surface area contributed by atoms with E-state index in [4.69, 9.17) is 0 Å². The smallest absolute Gasteiger partial charge is 0.0499 e. The average molecular weight is 546 g/mol. The molecule has 0 saturated carbocycles. The molecule has 0 bridgehead atoms. The largest absolute Gasteiger partial charge is 0.311 e. The van der Waals surface area contributed by atoms with E-state index in [2.05, 4.69) is 135 Å². The van der Waals surface area contributed by atoms with Gasteiger partial charge in [0.1, 0.15) is 0 Å². The first kappa shape index (κ1) is 25.6. The van der Waals surface area contributed by atoms with Gasteiger partial charge in [0.15, 0.2) is 0 Å². The standard InChI is InChI=1S/C41H39N/c1-27-15-17-28(18-16-27)29-19-21-32(22-20-29)42(39-14-8-10-31-25-30-9-4-5-11-34(30)40(31)39)33-23-24-36-35-12-6-7-13-37(35)41(2,3)38(36)26-33/h4-7,9,11-15,17,19-24,26,36,38H,8,10,16,18,25H2,1-3H3. The molecule has 0 fully saturated rings. The molecule has 5 aliphatic carbocycles. The van der Waals surface area contributed by atoms with Crippen LogP contribution >= 0.6 is 0 Å². The Morgan fingerprint density at radius 2 is 1.64 bits per heavy atom. The fourth-order valence-electron chi connectivity index (χ4n) is 8.20. The number of rotatable bonds is 4. The van der Waals surface area contributed by atoms with Crippen molar-refractivity contribution >= 4 is 16.8 Å². The van der Waals surface area contributed by atoms with Crippen LogP contribution in [0, 0.1) is 5.92 Å².